The number of aliphatic hydroxyl groups excluding tert-OH is 1. The first-order valence-corrected chi connectivity index (χ1v) is 12.6. The molecule has 1 unspecified atom stereocenters. The van der Waals surface area contributed by atoms with Crippen molar-refractivity contribution in [1.29, 1.82) is 0 Å². The van der Waals surface area contributed by atoms with Crippen molar-refractivity contribution >= 4 is 16.7 Å². The highest BCUT2D eigenvalue weighted by Gasteiger charge is 2.27. The van der Waals surface area contributed by atoms with Crippen LogP contribution in [0.15, 0.2) is 71.5 Å². The van der Waals surface area contributed by atoms with Crippen LogP contribution in [0.25, 0.3) is 27.6 Å². The number of carbonyl (C=O) groups excluding carboxylic acids is 1. The Bertz CT molecular complexity index is 1550. The van der Waals surface area contributed by atoms with E-state index in [2.05, 4.69) is 23.5 Å². The number of hydrogen-bond acceptors (Lipinski definition) is 4. The number of benzene rings is 3. The Morgan fingerprint density at radius 2 is 1.83 bits per heavy atom. The molecule has 0 radical (unpaired) electrons. The summed E-state index contributed by atoms with van der Waals surface area (Å²) in [4.78, 5) is 25.8. The largest absolute Gasteiger partial charge is 0.392 e. The van der Waals surface area contributed by atoms with Gasteiger partial charge in [0, 0.05) is 34.7 Å². The molecule has 6 rings (SSSR count). The van der Waals surface area contributed by atoms with Gasteiger partial charge in [0.2, 0.25) is 5.91 Å². The quantitative estimate of drug-likeness (QED) is 0.386. The number of amides is 1. The number of aromatic nitrogens is 1. The van der Waals surface area contributed by atoms with Gasteiger partial charge in [-0.15, -0.1) is 0 Å². The van der Waals surface area contributed by atoms with Gasteiger partial charge in [0.25, 0.3) is 5.56 Å². The lowest BCUT2D eigenvalue weighted by atomic mass is 9.95. The maximum atomic E-state index is 14.1. The highest BCUT2D eigenvalue weighted by atomic mass is 16.3. The molecule has 1 saturated heterocycles. The molecule has 0 spiro atoms. The first-order valence-electron chi connectivity index (χ1n) is 12.6. The molecule has 1 aliphatic carbocycles. The van der Waals surface area contributed by atoms with Crippen LogP contribution < -0.4 is 16.6 Å². The van der Waals surface area contributed by atoms with E-state index in [1.54, 1.807) is 22.8 Å². The maximum absolute atomic E-state index is 14.1. The average Bonchev–Trinajstić information content (AvgIpc) is 3.61. The zero-order valence-electron chi connectivity index (χ0n) is 20.0. The molecule has 4 N–H and O–H groups in total. The van der Waals surface area contributed by atoms with Gasteiger partial charge in [0.05, 0.1) is 12.3 Å². The van der Waals surface area contributed by atoms with Gasteiger partial charge in [-0.25, -0.2) is 0 Å². The maximum Gasteiger partial charge on any atom is 0.263 e. The normalized spacial score (nSPS) is 17.5. The van der Waals surface area contributed by atoms with Gasteiger partial charge < -0.3 is 16.2 Å². The fraction of sp³-hybridized carbons (Fsp3) is 0.267. The summed E-state index contributed by atoms with van der Waals surface area (Å²) in [6.45, 7) is 1.47. The number of nitrogens with one attached hydrogen (secondary N) is 1. The topological polar surface area (TPSA) is 97.4 Å². The number of carbonyl (C=O) groups is 1. The zero-order valence-corrected chi connectivity index (χ0v) is 20.0. The van der Waals surface area contributed by atoms with Crippen LogP contribution in [0.3, 0.4) is 0 Å². The van der Waals surface area contributed by atoms with E-state index in [0.717, 1.165) is 41.7 Å². The van der Waals surface area contributed by atoms with E-state index >= 15 is 0 Å². The van der Waals surface area contributed by atoms with Gasteiger partial charge >= 0.3 is 0 Å². The summed E-state index contributed by atoms with van der Waals surface area (Å²) in [6, 6.07) is 21.1. The minimum Gasteiger partial charge on any atom is -0.392 e. The average molecular weight is 480 g/mol. The molecule has 6 heteroatoms. The number of aliphatic hydroxyl groups is 1. The Morgan fingerprint density at radius 1 is 1.00 bits per heavy atom. The van der Waals surface area contributed by atoms with Gasteiger partial charge in [-0.3, -0.25) is 14.2 Å². The summed E-state index contributed by atoms with van der Waals surface area (Å²) in [5.41, 5.74) is 10.9. The Labute approximate surface area is 209 Å². The van der Waals surface area contributed by atoms with Crippen molar-refractivity contribution in [3.05, 3.63) is 99.5 Å². The Morgan fingerprint density at radius 3 is 2.56 bits per heavy atom. The summed E-state index contributed by atoms with van der Waals surface area (Å²) < 4.78 is 1.80. The smallest absolute Gasteiger partial charge is 0.263 e. The van der Waals surface area contributed by atoms with E-state index in [4.69, 9.17) is 5.73 Å². The highest BCUT2D eigenvalue weighted by Crippen LogP contribution is 2.41. The summed E-state index contributed by atoms with van der Waals surface area (Å²) in [6.07, 6.45) is 3.37. The van der Waals surface area contributed by atoms with Crippen molar-refractivity contribution in [2.45, 2.75) is 37.7 Å². The minimum atomic E-state index is -0.508. The second-order valence-electron chi connectivity index (χ2n) is 9.93. The molecule has 36 heavy (non-hydrogen) atoms. The van der Waals surface area contributed by atoms with Gasteiger partial charge in [0.1, 0.15) is 0 Å². The van der Waals surface area contributed by atoms with Crippen LogP contribution >= 0.6 is 0 Å². The first-order chi connectivity index (χ1) is 17.5. The van der Waals surface area contributed by atoms with Crippen molar-refractivity contribution in [3.8, 4) is 16.8 Å². The third kappa shape index (κ3) is 3.92. The van der Waals surface area contributed by atoms with Crippen LogP contribution in [0.2, 0.25) is 0 Å². The lowest BCUT2D eigenvalue weighted by Crippen LogP contribution is -2.26. The van der Waals surface area contributed by atoms with Gasteiger partial charge in [-0.1, -0.05) is 36.4 Å². The van der Waals surface area contributed by atoms with Gasteiger partial charge in [-0.2, -0.15) is 0 Å². The lowest BCUT2D eigenvalue weighted by molar-refractivity contribution is 0.100. The van der Waals surface area contributed by atoms with E-state index in [9.17, 15) is 14.7 Å². The molecule has 182 valence electrons. The lowest BCUT2D eigenvalue weighted by Gasteiger charge is -2.22. The van der Waals surface area contributed by atoms with E-state index in [1.165, 1.54) is 18.4 Å². The summed E-state index contributed by atoms with van der Waals surface area (Å²) in [5.74, 6) is 0.299. The first kappa shape index (κ1) is 22.7. The molecule has 1 amide bonds. The molecule has 0 bridgehead atoms. The Kier molecular flexibility index (Phi) is 5.70. The van der Waals surface area contributed by atoms with E-state index in [0.29, 0.717) is 28.1 Å². The molecule has 1 aromatic heterocycles. The Balaban J connectivity index is 1.59. The fourth-order valence-corrected chi connectivity index (χ4v) is 5.54. The molecule has 1 aliphatic heterocycles. The second-order valence-corrected chi connectivity index (χ2v) is 9.93. The second kappa shape index (κ2) is 9.04. The molecular formula is C30H29N3O3. The number of fused-ring (bicyclic) bond motifs is 1. The molecule has 1 atom stereocenters. The molecule has 2 heterocycles. The van der Waals surface area contributed by atoms with Gasteiger partial charge in [0.15, 0.2) is 0 Å². The molecular weight excluding hydrogens is 450 g/mol. The van der Waals surface area contributed by atoms with Crippen LogP contribution in [0, 0.1) is 0 Å². The third-order valence-corrected chi connectivity index (χ3v) is 7.61. The van der Waals surface area contributed by atoms with Crippen LogP contribution in [-0.2, 0) is 6.61 Å². The molecule has 6 nitrogen and oxygen atoms in total. The number of primary amides is 1. The molecule has 1 saturated carbocycles. The van der Waals surface area contributed by atoms with Crippen molar-refractivity contribution in [3.63, 3.8) is 0 Å². The minimum absolute atomic E-state index is 0.0746. The Hall–Kier alpha value is -3.74. The van der Waals surface area contributed by atoms with Crippen LogP contribution in [0.1, 0.15) is 58.3 Å². The molecule has 2 aliphatic rings. The zero-order chi connectivity index (χ0) is 24.8. The number of rotatable bonds is 6. The SMILES string of the molecule is NC(=O)c1cccc(-c2cccc(-n3c(C4CCNC4)cc4cc(C5CC5)ccc4c3=O)c2CO)c1. The fourth-order valence-electron chi connectivity index (χ4n) is 5.54. The molecule has 3 aromatic carbocycles. The van der Waals surface area contributed by atoms with Crippen molar-refractivity contribution in [2.24, 2.45) is 5.73 Å². The predicted molar refractivity (Wildman–Crippen MR) is 142 cm³/mol. The van der Waals surface area contributed by atoms with Crippen LogP contribution in [0.5, 0.6) is 0 Å². The monoisotopic (exact) mass is 479 g/mol. The van der Waals surface area contributed by atoms with Crippen LogP contribution in [0.4, 0.5) is 0 Å². The number of hydrogen-bond donors (Lipinski definition) is 3. The van der Waals surface area contributed by atoms with Crippen molar-refractivity contribution < 1.29 is 9.90 Å². The standard InChI is InChI=1S/C30H29N3O3/c31-29(35)21-4-1-3-20(14-21)24-5-2-6-27(26(24)17-34)33-28(22-11-12-32-16-22)15-23-13-19(18-7-8-18)9-10-25(23)30(33)36/h1-6,9-10,13-15,18,22,32,34H,7-8,11-12,16-17H2,(H2,31,35). The van der Waals surface area contributed by atoms with E-state index in [-0.39, 0.29) is 18.1 Å². The van der Waals surface area contributed by atoms with Crippen LogP contribution in [-0.4, -0.2) is 28.7 Å². The van der Waals surface area contributed by atoms with Crippen molar-refractivity contribution in [2.75, 3.05) is 13.1 Å². The summed E-state index contributed by atoms with van der Waals surface area (Å²) in [5, 5.41) is 15.6. The van der Waals surface area contributed by atoms with E-state index < -0.39 is 5.91 Å². The highest BCUT2D eigenvalue weighted by molar-refractivity contribution is 5.94. The molecule has 2 fully saturated rings. The molecule has 4 aromatic rings. The number of nitrogens with two attached hydrogens (primary N) is 1. The summed E-state index contributed by atoms with van der Waals surface area (Å²) >= 11 is 0. The third-order valence-electron chi connectivity index (χ3n) is 7.61. The summed E-state index contributed by atoms with van der Waals surface area (Å²) in [7, 11) is 0. The van der Waals surface area contributed by atoms with Crippen molar-refractivity contribution in [1.82, 2.24) is 9.88 Å². The number of pyridine rings is 1. The van der Waals surface area contributed by atoms with Gasteiger partial charge in [-0.05, 0) is 84.1 Å². The predicted octanol–water partition coefficient (Wildman–Crippen LogP) is 4.20. The number of nitrogens with zero attached hydrogens (tertiary/aromatic N) is 1. The van der Waals surface area contributed by atoms with E-state index in [1.807, 2.05) is 30.3 Å².